The van der Waals surface area contributed by atoms with Gasteiger partial charge < -0.3 is 0 Å². The third kappa shape index (κ3) is 20.3. The van der Waals surface area contributed by atoms with Crippen LogP contribution in [0.15, 0.2) is 0 Å². The summed E-state index contributed by atoms with van der Waals surface area (Å²) in [6, 6.07) is 0. The van der Waals surface area contributed by atoms with E-state index in [-0.39, 0.29) is 0 Å². The molecule has 0 N–H and O–H groups in total. The standard InChI is InChI=1S/C31H64/c1-5-9-13-17-21-25-29-31(27-23-19-15-11-7-3,28-24-20-16-12-8-4)30-26-22-18-14-10-6-2/h5-30H2,1-4H3. The van der Waals surface area contributed by atoms with Crippen LogP contribution in [0, 0.1) is 5.41 Å². The lowest BCUT2D eigenvalue weighted by atomic mass is 9.70. The molecule has 0 aliphatic heterocycles. The molecule has 0 unspecified atom stereocenters. The molecule has 0 aromatic heterocycles. The lowest BCUT2D eigenvalue weighted by molar-refractivity contribution is 0.171. The van der Waals surface area contributed by atoms with Crippen molar-refractivity contribution in [3.63, 3.8) is 0 Å². The summed E-state index contributed by atoms with van der Waals surface area (Å²) in [5, 5.41) is 0. The van der Waals surface area contributed by atoms with Gasteiger partial charge in [-0.05, 0) is 31.1 Å². The Bertz CT molecular complexity index is 286. The highest BCUT2D eigenvalue weighted by atomic mass is 14.3. The largest absolute Gasteiger partial charge is 0.0654 e. The zero-order valence-electron chi connectivity index (χ0n) is 22.9. The molecule has 0 nitrogen and oxygen atoms in total. The van der Waals surface area contributed by atoms with Gasteiger partial charge in [-0.2, -0.15) is 0 Å². The maximum atomic E-state index is 2.34. The molecule has 0 spiro atoms. The van der Waals surface area contributed by atoms with Gasteiger partial charge in [-0.1, -0.05) is 169 Å². The molecule has 0 saturated heterocycles. The van der Waals surface area contributed by atoms with E-state index in [0.29, 0.717) is 5.41 Å². The Morgan fingerprint density at radius 1 is 0.258 bits per heavy atom. The van der Waals surface area contributed by atoms with E-state index >= 15 is 0 Å². The van der Waals surface area contributed by atoms with Crippen molar-refractivity contribution in [2.45, 2.75) is 195 Å². The Morgan fingerprint density at radius 2 is 0.452 bits per heavy atom. The van der Waals surface area contributed by atoms with Gasteiger partial charge in [-0.3, -0.25) is 0 Å². The zero-order chi connectivity index (χ0) is 22.9. The summed E-state index contributed by atoms with van der Waals surface area (Å²) in [6.45, 7) is 9.36. The topological polar surface area (TPSA) is 0 Å². The first-order valence-electron chi connectivity index (χ1n) is 15.2. The van der Waals surface area contributed by atoms with Crippen LogP contribution < -0.4 is 0 Å². The predicted molar refractivity (Wildman–Crippen MR) is 145 cm³/mol. The molecule has 0 aliphatic carbocycles. The molecule has 0 rings (SSSR count). The van der Waals surface area contributed by atoms with Gasteiger partial charge in [0.25, 0.3) is 0 Å². The van der Waals surface area contributed by atoms with E-state index in [1.807, 2.05) is 0 Å². The smallest absolute Gasteiger partial charge is 0.0297 e. The van der Waals surface area contributed by atoms with Crippen LogP contribution in [0.4, 0.5) is 0 Å². The van der Waals surface area contributed by atoms with Gasteiger partial charge >= 0.3 is 0 Å². The Kier molecular flexibility index (Phi) is 24.6. The van der Waals surface area contributed by atoms with Crippen molar-refractivity contribution in [2.75, 3.05) is 0 Å². The summed E-state index contributed by atoms with van der Waals surface area (Å²) in [5.41, 5.74) is 0.688. The van der Waals surface area contributed by atoms with E-state index in [2.05, 4.69) is 27.7 Å². The van der Waals surface area contributed by atoms with Crippen molar-refractivity contribution in [1.82, 2.24) is 0 Å². The molecular formula is C31H64. The number of hydrogen-bond donors (Lipinski definition) is 0. The zero-order valence-corrected chi connectivity index (χ0v) is 22.9. The highest BCUT2D eigenvalue weighted by Gasteiger charge is 2.28. The summed E-state index contributed by atoms with van der Waals surface area (Å²) in [7, 11) is 0. The van der Waals surface area contributed by atoms with E-state index in [4.69, 9.17) is 0 Å². The normalized spacial score (nSPS) is 12.0. The van der Waals surface area contributed by atoms with Gasteiger partial charge in [0.2, 0.25) is 0 Å². The third-order valence-electron chi connectivity index (χ3n) is 7.74. The Labute approximate surface area is 200 Å². The van der Waals surface area contributed by atoms with E-state index in [1.54, 1.807) is 0 Å². The van der Waals surface area contributed by atoms with Crippen LogP contribution in [-0.4, -0.2) is 0 Å². The first kappa shape index (κ1) is 31.0. The molecule has 0 heterocycles. The number of hydrogen-bond acceptors (Lipinski definition) is 0. The van der Waals surface area contributed by atoms with Crippen LogP contribution in [0.3, 0.4) is 0 Å². The first-order chi connectivity index (χ1) is 15.2. The molecule has 0 bridgehead atoms. The number of unbranched alkanes of at least 4 members (excludes halogenated alkanes) is 18. The van der Waals surface area contributed by atoms with Crippen LogP contribution in [0.25, 0.3) is 0 Å². The van der Waals surface area contributed by atoms with Crippen molar-refractivity contribution < 1.29 is 0 Å². The van der Waals surface area contributed by atoms with Gasteiger partial charge in [0.1, 0.15) is 0 Å². The molecule has 188 valence electrons. The van der Waals surface area contributed by atoms with E-state index in [0.717, 1.165) is 0 Å². The SMILES string of the molecule is CCCCCCCCC(CCCCCCC)(CCCCCCC)CCCCCCCC. The second-order valence-electron chi connectivity index (χ2n) is 10.9. The Hall–Kier alpha value is 0. The second-order valence-corrected chi connectivity index (χ2v) is 10.9. The summed E-state index contributed by atoms with van der Waals surface area (Å²) < 4.78 is 0. The van der Waals surface area contributed by atoms with Crippen LogP contribution in [0.5, 0.6) is 0 Å². The van der Waals surface area contributed by atoms with Gasteiger partial charge in [-0.15, -0.1) is 0 Å². The van der Waals surface area contributed by atoms with Crippen LogP contribution >= 0.6 is 0 Å². The molecule has 0 radical (unpaired) electrons. The van der Waals surface area contributed by atoms with Crippen molar-refractivity contribution in [3.05, 3.63) is 0 Å². The van der Waals surface area contributed by atoms with Gasteiger partial charge in [-0.25, -0.2) is 0 Å². The fourth-order valence-corrected chi connectivity index (χ4v) is 5.52. The molecule has 0 fully saturated rings. The molecule has 0 aliphatic rings. The summed E-state index contributed by atoms with van der Waals surface area (Å²) >= 11 is 0. The Morgan fingerprint density at radius 3 is 0.677 bits per heavy atom. The van der Waals surface area contributed by atoms with Crippen LogP contribution in [0.2, 0.25) is 0 Å². The third-order valence-corrected chi connectivity index (χ3v) is 7.74. The van der Waals surface area contributed by atoms with Crippen molar-refractivity contribution in [2.24, 2.45) is 5.41 Å². The van der Waals surface area contributed by atoms with E-state index < -0.39 is 0 Å². The quantitative estimate of drug-likeness (QED) is 0.118. The minimum Gasteiger partial charge on any atom is -0.0654 e. The molecule has 0 amide bonds. The fraction of sp³-hybridized carbons (Fsp3) is 1.00. The number of rotatable bonds is 26. The maximum absolute atomic E-state index is 2.34. The van der Waals surface area contributed by atoms with E-state index in [1.165, 1.54) is 167 Å². The molecular weight excluding hydrogens is 372 g/mol. The molecule has 0 saturated carbocycles. The first-order valence-corrected chi connectivity index (χ1v) is 15.2. The monoisotopic (exact) mass is 437 g/mol. The predicted octanol–water partition coefficient (Wildman–Crippen LogP) is 12.2. The average molecular weight is 437 g/mol. The lowest BCUT2D eigenvalue weighted by Crippen LogP contribution is -2.21. The molecule has 0 heteroatoms. The highest BCUT2D eigenvalue weighted by Crippen LogP contribution is 2.42. The van der Waals surface area contributed by atoms with Crippen LogP contribution in [0.1, 0.15) is 195 Å². The molecule has 31 heavy (non-hydrogen) atoms. The lowest BCUT2D eigenvalue weighted by Gasteiger charge is -2.35. The Balaban J connectivity index is 4.70. The van der Waals surface area contributed by atoms with Gasteiger partial charge in [0.05, 0.1) is 0 Å². The highest BCUT2D eigenvalue weighted by molar-refractivity contribution is 4.80. The molecule has 0 aromatic rings. The van der Waals surface area contributed by atoms with E-state index in [9.17, 15) is 0 Å². The molecule has 0 aromatic carbocycles. The average Bonchev–Trinajstić information content (AvgIpc) is 2.78. The summed E-state index contributed by atoms with van der Waals surface area (Å²) in [5.74, 6) is 0. The van der Waals surface area contributed by atoms with Crippen molar-refractivity contribution in [3.8, 4) is 0 Å². The molecule has 0 atom stereocenters. The van der Waals surface area contributed by atoms with Crippen LogP contribution in [-0.2, 0) is 0 Å². The summed E-state index contributed by atoms with van der Waals surface area (Å²) in [4.78, 5) is 0. The van der Waals surface area contributed by atoms with Gasteiger partial charge in [0.15, 0.2) is 0 Å². The fourth-order valence-electron chi connectivity index (χ4n) is 5.52. The minimum absolute atomic E-state index is 0.688. The van der Waals surface area contributed by atoms with Crippen molar-refractivity contribution in [1.29, 1.82) is 0 Å². The van der Waals surface area contributed by atoms with Crippen molar-refractivity contribution >= 4 is 0 Å². The minimum atomic E-state index is 0.688. The summed E-state index contributed by atoms with van der Waals surface area (Å²) in [6.07, 6.45) is 38.2. The second kappa shape index (κ2) is 24.6. The van der Waals surface area contributed by atoms with Gasteiger partial charge in [0, 0.05) is 0 Å². The maximum Gasteiger partial charge on any atom is -0.0297 e.